The summed E-state index contributed by atoms with van der Waals surface area (Å²) < 4.78 is 24.4. The summed E-state index contributed by atoms with van der Waals surface area (Å²) in [6, 6.07) is 11.3. The van der Waals surface area contributed by atoms with Crippen LogP contribution in [0, 0.1) is 5.82 Å². The van der Waals surface area contributed by atoms with Crippen LogP contribution in [0.1, 0.15) is 10.4 Å². The van der Waals surface area contributed by atoms with Gasteiger partial charge in [0.1, 0.15) is 12.4 Å². The first-order valence-corrected chi connectivity index (χ1v) is 8.23. The molecule has 0 amide bonds. The largest absolute Gasteiger partial charge is 0.497 e. The molecule has 0 saturated carbocycles. The van der Waals surface area contributed by atoms with Crippen molar-refractivity contribution in [1.29, 1.82) is 0 Å². The highest BCUT2D eigenvalue weighted by Gasteiger charge is 2.07. The Morgan fingerprint density at radius 1 is 1.32 bits per heavy atom. The van der Waals surface area contributed by atoms with Crippen molar-refractivity contribution in [3.8, 4) is 11.8 Å². The average Bonchev–Trinajstić information content (AvgIpc) is 3.16. The first kappa shape index (κ1) is 16.8. The average molecular weight is 358 g/mol. The molecule has 0 unspecified atom stereocenters. The summed E-state index contributed by atoms with van der Waals surface area (Å²) in [6.07, 6.45) is 2.62. The van der Waals surface area contributed by atoms with Gasteiger partial charge in [-0.1, -0.05) is 18.2 Å². The van der Waals surface area contributed by atoms with Gasteiger partial charge in [-0.25, -0.2) is 9.37 Å². The van der Waals surface area contributed by atoms with Gasteiger partial charge in [0.25, 0.3) is 0 Å². The highest BCUT2D eigenvalue weighted by Crippen LogP contribution is 2.17. The van der Waals surface area contributed by atoms with Gasteiger partial charge in [0, 0.05) is 4.88 Å². The van der Waals surface area contributed by atoms with Gasteiger partial charge in [-0.3, -0.25) is 5.43 Å². The Balaban J connectivity index is 1.64. The molecule has 0 bridgehead atoms. The van der Waals surface area contributed by atoms with Crippen LogP contribution in [0.25, 0.3) is 0 Å². The number of nitrogens with one attached hydrogen (secondary N) is 1. The van der Waals surface area contributed by atoms with E-state index in [4.69, 9.17) is 9.47 Å². The van der Waals surface area contributed by atoms with E-state index < -0.39 is 5.82 Å². The van der Waals surface area contributed by atoms with Crippen LogP contribution < -0.4 is 14.9 Å². The van der Waals surface area contributed by atoms with Gasteiger partial charge in [-0.15, -0.1) is 11.3 Å². The molecule has 0 spiro atoms. The van der Waals surface area contributed by atoms with Gasteiger partial charge in [-0.2, -0.15) is 10.1 Å². The standard InChI is InChI=1S/C17H15FN4O2S/c1-23-13-5-2-4-12(8-13)11-24-17-19-10-15(18)16(21-17)22-20-9-14-6-3-7-25-14/h2-10H,11H2,1H3,(H,19,21,22). The molecular weight excluding hydrogens is 343 g/mol. The zero-order chi connectivity index (χ0) is 17.5. The van der Waals surface area contributed by atoms with Crippen LogP contribution in [0.2, 0.25) is 0 Å². The molecule has 8 heteroatoms. The number of hydrogen-bond acceptors (Lipinski definition) is 7. The van der Waals surface area contributed by atoms with Crippen LogP contribution in [0.3, 0.4) is 0 Å². The van der Waals surface area contributed by atoms with E-state index in [-0.39, 0.29) is 18.4 Å². The maximum absolute atomic E-state index is 13.8. The van der Waals surface area contributed by atoms with E-state index in [1.54, 1.807) is 13.3 Å². The highest BCUT2D eigenvalue weighted by molar-refractivity contribution is 7.11. The number of aromatic nitrogens is 2. The predicted molar refractivity (Wildman–Crippen MR) is 94.9 cm³/mol. The van der Waals surface area contributed by atoms with E-state index in [2.05, 4.69) is 20.5 Å². The summed E-state index contributed by atoms with van der Waals surface area (Å²) in [4.78, 5) is 8.75. The molecule has 1 aromatic carbocycles. The summed E-state index contributed by atoms with van der Waals surface area (Å²) in [5.41, 5.74) is 3.44. The van der Waals surface area contributed by atoms with Gasteiger partial charge in [-0.05, 0) is 29.1 Å². The smallest absolute Gasteiger partial charge is 0.318 e. The second-order valence-corrected chi connectivity index (χ2v) is 5.85. The van der Waals surface area contributed by atoms with Crippen LogP contribution in [-0.4, -0.2) is 23.3 Å². The number of anilines is 1. The number of hydrazone groups is 1. The third-order valence-electron chi connectivity index (χ3n) is 3.13. The highest BCUT2D eigenvalue weighted by atomic mass is 32.1. The molecule has 128 valence electrons. The molecule has 0 aliphatic carbocycles. The number of ether oxygens (including phenoxy) is 2. The minimum absolute atomic E-state index is 0.0524. The van der Waals surface area contributed by atoms with Crippen molar-refractivity contribution in [1.82, 2.24) is 9.97 Å². The van der Waals surface area contributed by atoms with E-state index in [0.29, 0.717) is 0 Å². The predicted octanol–water partition coefficient (Wildman–Crippen LogP) is 3.71. The molecule has 0 saturated heterocycles. The Kier molecular flexibility index (Phi) is 5.53. The summed E-state index contributed by atoms with van der Waals surface area (Å²) >= 11 is 1.52. The number of methoxy groups -OCH3 is 1. The number of halogens is 1. The number of nitrogens with zero attached hydrogens (tertiary/aromatic N) is 3. The summed E-state index contributed by atoms with van der Waals surface area (Å²) in [5, 5.41) is 5.89. The lowest BCUT2D eigenvalue weighted by molar-refractivity contribution is 0.279. The molecule has 0 radical (unpaired) electrons. The lowest BCUT2D eigenvalue weighted by atomic mass is 10.2. The van der Waals surface area contributed by atoms with Crippen molar-refractivity contribution in [3.05, 3.63) is 64.2 Å². The molecule has 0 aliphatic heterocycles. The van der Waals surface area contributed by atoms with Crippen molar-refractivity contribution in [2.24, 2.45) is 5.10 Å². The van der Waals surface area contributed by atoms with Crippen molar-refractivity contribution in [2.45, 2.75) is 6.61 Å². The quantitative estimate of drug-likeness (QED) is 0.515. The second kappa shape index (κ2) is 8.20. The molecule has 0 atom stereocenters. The van der Waals surface area contributed by atoms with E-state index in [1.807, 2.05) is 41.8 Å². The number of thiophene rings is 1. The molecule has 2 heterocycles. The van der Waals surface area contributed by atoms with Gasteiger partial charge in [0.15, 0.2) is 11.6 Å². The van der Waals surface area contributed by atoms with E-state index in [9.17, 15) is 4.39 Å². The third-order valence-corrected chi connectivity index (χ3v) is 3.94. The fourth-order valence-corrected chi connectivity index (χ4v) is 2.52. The molecule has 1 N–H and O–H groups in total. The maximum atomic E-state index is 13.8. The minimum atomic E-state index is -0.614. The van der Waals surface area contributed by atoms with Crippen molar-refractivity contribution in [3.63, 3.8) is 0 Å². The van der Waals surface area contributed by atoms with E-state index >= 15 is 0 Å². The molecule has 2 aromatic heterocycles. The van der Waals surface area contributed by atoms with Crippen LogP contribution in [0.5, 0.6) is 11.8 Å². The normalized spacial score (nSPS) is 10.8. The van der Waals surface area contributed by atoms with Gasteiger partial charge < -0.3 is 9.47 Å². The Hall–Kier alpha value is -3.00. The van der Waals surface area contributed by atoms with E-state index in [1.165, 1.54) is 11.3 Å². The van der Waals surface area contributed by atoms with Gasteiger partial charge in [0.2, 0.25) is 0 Å². The first-order chi connectivity index (χ1) is 12.2. The lowest BCUT2D eigenvalue weighted by Gasteiger charge is -2.07. The summed E-state index contributed by atoms with van der Waals surface area (Å²) in [6.45, 7) is 0.237. The molecule has 3 aromatic rings. The maximum Gasteiger partial charge on any atom is 0.318 e. The van der Waals surface area contributed by atoms with Gasteiger partial charge in [0.05, 0.1) is 19.5 Å². The van der Waals surface area contributed by atoms with Gasteiger partial charge >= 0.3 is 6.01 Å². The molecule has 25 heavy (non-hydrogen) atoms. The monoisotopic (exact) mass is 358 g/mol. The van der Waals surface area contributed by atoms with Crippen LogP contribution in [0.15, 0.2) is 53.1 Å². The van der Waals surface area contributed by atoms with Crippen molar-refractivity contribution < 1.29 is 13.9 Å². The van der Waals surface area contributed by atoms with Crippen molar-refractivity contribution >= 4 is 23.4 Å². The minimum Gasteiger partial charge on any atom is -0.497 e. The SMILES string of the molecule is COc1cccc(COc2ncc(F)c(NN=Cc3cccs3)n2)c1. The molecule has 6 nitrogen and oxygen atoms in total. The summed E-state index contributed by atoms with van der Waals surface area (Å²) in [5.74, 6) is 0.0619. The summed E-state index contributed by atoms with van der Waals surface area (Å²) in [7, 11) is 1.59. The zero-order valence-corrected chi connectivity index (χ0v) is 14.2. The second-order valence-electron chi connectivity index (χ2n) is 4.87. The van der Waals surface area contributed by atoms with Crippen LogP contribution in [-0.2, 0) is 6.61 Å². The molecular formula is C17H15FN4O2S. The Labute approximate surface area is 148 Å². The van der Waals surface area contributed by atoms with Crippen LogP contribution in [0.4, 0.5) is 10.2 Å². The Morgan fingerprint density at radius 3 is 3.04 bits per heavy atom. The fraction of sp³-hybridized carbons (Fsp3) is 0.118. The fourth-order valence-electron chi connectivity index (χ4n) is 1.93. The Bertz CT molecular complexity index is 856. The first-order valence-electron chi connectivity index (χ1n) is 7.35. The van der Waals surface area contributed by atoms with Crippen molar-refractivity contribution in [2.75, 3.05) is 12.5 Å². The van der Waals surface area contributed by atoms with Crippen LogP contribution >= 0.6 is 11.3 Å². The number of rotatable bonds is 7. The topological polar surface area (TPSA) is 68.6 Å². The molecule has 0 fully saturated rings. The molecule has 3 rings (SSSR count). The zero-order valence-electron chi connectivity index (χ0n) is 13.3. The number of benzene rings is 1. The lowest BCUT2D eigenvalue weighted by Crippen LogP contribution is -2.04. The third kappa shape index (κ3) is 4.74. The van der Waals surface area contributed by atoms with E-state index in [0.717, 1.165) is 22.4 Å². The Morgan fingerprint density at radius 2 is 2.24 bits per heavy atom. The molecule has 0 aliphatic rings. The number of hydrogen-bond donors (Lipinski definition) is 1.